The molecule has 2 amide bonds. The predicted octanol–water partition coefficient (Wildman–Crippen LogP) is 4.10. The van der Waals surface area contributed by atoms with Crippen LogP contribution >= 0.6 is 0 Å². The van der Waals surface area contributed by atoms with Crippen LogP contribution in [-0.4, -0.2) is 24.1 Å². The molecule has 1 heterocycles. The number of para-hydroxylation sites is 3. The minimum Gasteiger partial charge on any atom is -0.324 e. The molecular formula is C23H19N3O2. The molecule has 1 aliphatic rings. The van der Waals surface area contributed by atoms with Gasteiger partial charge in [-0.2, -0.15) is 0 Å². The molecule has 0 atom stereocenters. The molecule has 28 heavy (non-hydrogen) atoms. The molecule has 0 saturated carbocycles. The van der Waals surface area contributed by atoms with E-state index in [-0.39, 0.29) is 18.4 Å². The number of aryl methyl sites for hydroxylation is 1. The summed E-state index contributed by atoms with van der Waals surface area (Å²) in [5, 5.41) is 2.88. The maximum atomic E-state index is 13.0. The van der Waals surface area contributed by atoms with Crippen molar-refractivity contribution in [1.29, 1.82) is 0 Å². The average molecular weight is 369 g/mol. The molecule has 5 nitrogen and oxygen atoms in total. The number of hydrogen-bond donors (Lipinski definition) is 1. The molecule has 0 aliphatic carbocycles. The van der Waals surface area contributed by atoms with E-state index in [9.17, 15) is 9.59 Å². The summed E-state index contributed by atoms with van der Waals surface area (Å²) >= 11 is 0. The Morgan fingerprint density at radius 1 is 0.929 bits per heavy atom. The SMILES string of the molecule is Cc1ccccc1NC(=O)CN1C(=O)C(=Nc2ccccc2)c2ccccc21. The fourth-order valence-electron chi connectivity index (χ4n) is 3.20. The van der Waals surface area contributed by atoms with Gasteiger partial charge >= 0.3 is 0 Å². The maximum absolute atomic E-state index is 13.0. The van der Waals surface area contributed by atoms with Gasteiger partial charge in [0.25, 0.3) is 5.91 Å². The van der Waals surface area contributed by atoms with E-state index < -0.39 is 0 Å². The van der Waals surface area contributed by atoms with Gasteiger partial charge in [0, 0.05) is 11.3 Å². The van der Waals surface area contributed by atoms with Crippen molar-refractivity contribution in [3.63, 3.8) is 0 Å². The zero-order chi connectivity index (χ0) is 19.5. The standard InChI is InChI=1S/C23H19N3O2/c1-16-9-5-7-13-19(16)25-21(27)15-26-20-14-8-6-12-18(20)22(23(26)28)24-17-10-3-2-4-11-17/h2-14H,15H2,1H3,(H,25,27). The first kappa shape index (κ1) is 17.7. The molecule has 0 fully saturated rings. The van der Waals surface area contributed by atoms with E-state index >= 15 is 0 Å². The molecule has 0 aromatic heterocycles. The summed E-state index contributed by atoms with van der Waals surface area (Å²) in [6, 6.07) is 24.3. The molecule has 1 aliphatic heterocycles. The van der Waals surface area contributed by atoms with Crippen LogP contribution in [0.2, 0.25) is 0 Å². The monoisotopic (exact) mass is 369 g/mol. The number of nitrogens with one attached hydrogen (secondary N) is 1. The van der Waals surface area contributed by atoms with Gasteiger partial charge in [0.05, 0.1) is 11.4 Å². The average Bonchev–Trinajstić information content (AvgIpc) is 2.96. The maximum Gasteiger partial charge on any atom is 0.278 e. The Labute approximate surface area is 163 Å². The summed E-state index contributed by atoms with van der Waals surface area (Å²) in [6.45, 7) is 1.86. The highest BCUT2D eigenvalue weighted by molar-refractivity contribution is 6.55. The highest BCUT2D eigenvalue weighted by atomic mass is 16.2. The lowest BCUT2D eigenvalue weighted by molar-refractivity contribution is -0.118. The van der Waals surface area contributed by atoms with E-state index in [0.717, 1.165) is 16.8 Å². The molecule has 4 rings (SSSR count). The number of carbonyl (C=O) groups is 2. The smallest absolute Gasteiger partial charge is 0.278 e. The number of amides is 2. The third-order valence-corrected chi connectivity index (χ3v) is 4.62. The number of carbonyl (C=O) groups excluding carboxylic acids is 2. The van der Waals surface area contributed by atoms with Crippen molar-refractivity contribution in [3.05, 3.63) is 90.0 Å². The number of fused-ring (bicyclic) bond motifs is 1. The van der Waals surface area contributed by atoms with E-state index in [4.69, 9.17) is 0 Å². The Hall–Kier alpha value is -3.73. The quantitative estimate of drug-likeness (QED) is 0.753. The van der Waals surface area contributed by atoms with Gasteiger partial charge in [0.15, 0.2) is 0 Å². The lowest BCUT2D eigenvalue weighted by Gasteiger charge is -2.17. The van der Waals surface area contributed by atoms with Gasteiger partial charge in [-0.3, -0.25) is 14.5 Å². The third-order valence-electron chi connectivity index (χ3n) is 4.62. The van der Waals surface area contributed by atoms with Gasteiger partial charge in [-0.1, -0.05) is 54.6 Å². The number of anilines is 2. The second-order valence-corrected chi connectivity index (χ2v) is 6.57. The Kier molecular flexibility index (Phi) is 4.72. The van der Waals surface area contributed by atoms with Crippen molar-refractivity contribution in [2.45, 2.75) is 6.92 Å². The minimum atomic E-state index is -0.273. The van der Waals surface area contributed by atoms with Crippen LogP contribution in [-0.2, 0) is 9.59 Å². The normalized spacial score (nSPS) is 14.2. The summed E-state index contributed by atoms with van der Waals surface area (Å²) in [4.78, 5) is 31.6. The molecule has 3 aromatic rings. The van der Waals surface area contributed by atoms with Crippen molar-refractivity contribution in [3.8, 4) is 0 Å². The van der Waals surface area contributed by atoms with Crippen LogP contribution in [0.1, 0.15) is 11.1 Å². The molecule has 5 heteroatoms. The molecular weight excluding hydrogens is 350 g/mol. The first-order valence-electron chi connectivity index (χ1n) is 9.04. The summed E-state index contributed by atoms with van der Waals surface area (Å²) in [7, 11) is 0. The van der Waals surface area contributed by atoms with Gasteiger partial charge in [0.2, 0.25) is 5.91 Å². The number of aliphatic imine (C=N–C) groups is 1. The lowest BCUT2D eigenvalue weighted by atomic mass is 10.1. The Bertz CT molecular complexity index is 1070. The fourth-order valence-corrected chi connectivity index (χ4v) is 3.20. The zero-order valence-corrected chi connectivity index (χ0v) is 15.4. The highest BCUT2D eigenvalue weighted by Gasteiger charge is 2.34. The van der Waals surface area contributed by atoms with Gasteiger partial charge in [-0.05, 0) is 36.8 Å². The molecule has 0 bridgehead atoms. The van der Waals surface area contributed by atoms with Gasteiger partial charge in [-0.15, -0.1) is 0 Å². The van der Waals surface area contributed by atoms with Gasteiger partial charge in [0.1, 0.15) is 12.3 Å². The van der Waals surface area contributed by atoms with Crippen LogP contribution in [0, 0.1) is 6.92 Å². The van der Waals surface area contributed by atoms with E-state index in [1.165, 1.54) is 4.90 Å². The summed E-state index contributed by atoms with van der Waals surface area (Å²) < 4.78 is 0. The van der Waals surface area contributed by atoms with E-state index in [1.54, 1.807) is 0 Å². The fraction of sp³-hybridized carbons (Fsp3) is 0.0870. The van der Waals surface area contributed by atoms with Crippen LogP contribution in [0.25, 0.3) is 0 Å². The zero-order valence-electron chi connectivity index (χ0n) is 15.4. The first-order chi connectivity index (χ1) is 13.6. The van der Waals surface area contributed by atoms with Crippen LogP contribution < -0.4 is 10.2 Å². The molecule has 0 spiro atoms. The summed E-state index contributed by atoms with van der Waals surface area (Å²) in [6.07, 6.45) is 0. The summed E-state index contributed by atoms with van der Waals surface area (Å²) in [5.41, 5.74) is 4.19. The molecule has 3 aromatic carbocycles. The van der Waals surface area contributed by atoms with Crippen molar-refractivity contribution < 1.29 is 9.59 Å². The van der Waals surface area contributed by atoms with Crippen molar-refractivity contribution in [2.75, 3.05) is 16.8 Å². The Morgan fingerprint density at radius 3 is 2.39 bits per heavy atom. The van der Waals surface area contributed by atoms with Gasteiger partial charge < -0.3 is 5.32 Å². The van der Waals surface area contributed by atoms with Crippen molar-refractivity contribution in [2.24, 2.45) is 4.99 Å². The Balaban J connectivity index is 1.61. The number of nitrogens with zero attached hydrogens (tertiary/aromatic N) is 2. The van der Waals surface area contributed by atoms with Crippen LogP contribution in [0.3, 0.4) is 0 Å². The number of benzene rings is 3. The topological polar surface area (TPSA) is 61.8 Å². The summed E-state index contributed by atoms with van der Waals surface area (Å²) in [5.74, 6) is -0.525. The minimum absolute atomic E-state index is 0.0714. The van der Waals surface area contributed by atoms with Crippen LogP contribution in [0.15, 0.2) is 83.9 Å². The third kappa shape index (κ3) is 3.42. The van der Waals surface area contributed by atoms with Crippen molar-refractivity contribution in [1.82, 2.24) is 0 Å². The van der Waals surface area contributed by atoms with E-state index in [0.29, 0.717) is 17.1 Å². The molecule has 138 valence electrons. The highest BCUT2D eigenvalue weighted by Crippen LogP contribution is 2.30. The molecule has 0 radical (unpaired) electrons. The molecule has 1 N–H and O–H groups in total. The van der Waals surface area contributed by atoms with Crippen molar-refractivity contribution >= 4 is 34.6 Å². The second-order valence-electron chi connectivity index (χ2n) is 6.57. The first-order valence-corrected chi connectivity index (χ1v) is 9.04. The van der Waals surface area contributed by atoms with E-state index in [1.807, 2.05) is 85.8 Å². The molecule has 0 unspecified atom stereocenters. The number of rotatable bonds is 4. The van der Waals surface area contributed by atoms with Crippen LogP contribution in [0.4, 0.5) is 17.1 Å². The second kappa shape index (κ2) is 7.48. The van der Waals surface area contributed by atoms with E-state index in [2.05, 4.69) is 10.3 Å². The largest absolute Gasteiger partial charge is 0.324 e. The van der Waals surface area contributed by atoms with Crippen LogP contribution in [0.5, 0.6) is 0 Å². The number of hydrogen-bond acceptors (Lipinski definition) is 3. The van der Waals surface area contributed by atoms with Gasteiger partial charge in [-0.25, -0.2) is 4.99 Å². The lowest BCUT2D eigenvalue weighted by Crippen LogP contribution is -2.37. The predicted molar refractivity (Wildman–Crippen MR) is 111 cm³/mol. The molecule has 0 saturated heterocycles. The Morgan fingerprint density at radius 2 is 1.61 bits per heavy atom.